The first kappa shape index (κ1) is 36.6. The van der Waals surface area contributed by atoms with E-state index in [1.165, 1.54) is 12.1 Å². The van der Waals surface area contributed by atoms with Crippen LogP contribution in [0.25, 0.3) is 55.6 Å². The summed E-state index contributed by atoms with van der Waals surface area (Å²) >= 11 is 0. The molecule has 0 atom stereocenters. The van der Waals surface area contributed by atoms with Gasteiger partial charge in [-0.1, -0.05) is 12.1 Å². The molecule has 0 bridgehead atoms. The molecule has 0 saturated carbocycles. The number of aromatic amines is 2. The Morgan fingerprint density at radius 2 is 0.980 bits per heavy atom. The summed E-state index contributed by atoms with van der Waals surface area (Å²) in [6, 6.07) is 26.2. The predicted octanol–water partition coefficient (Wildman–Crippen LogP) is 6.65. The van der Waals surface area contributed by atoms with Crippen LogP contribution in [0.5, 0.6) is 11.5 Å². The number of H-pyrrole nitrogens is 2. The van der Waals surface area contributed by atoms with Crippen molar-refractivity contribution in [3.05, 3.63) is 129 Å². The number of aryl methyl sites for hydroxylation is 2. The van der Waals surface area contributed by atoms with Crippen molar-refractivity contribution in [2.75, 3.05) is 14.2 Å². The van der Waals surface area contributed by atoms with Crippen LogP contribution < -0.4 is 20.6 Å². The van der Waals surface area contributed by atoms with Gasteiger partial charge in [0.25, 0.3) is 0 Å². The van der Waals surface area contributed by atoms with Crippen molar-refractivity contribution in [1.29, 1.82) is 0 Å². The van der Waals surface area contributed by atoms with Crippen LogP contribution in [0.2, 0.25) is 0 Å². The first-order chi connectivity index (χ1) is 22.4. The average Bonchev–Trinajstić information content (AvgIpc) is 3.60. The second kappa shape index (κ2) is 14.9. The van der Waals surface area contributed by atoms with Crippen LogP contribution in [0, 0.1) is 13.8 Å². The Balaban J connectivity index is 0.000000208. The van der Waals surface area contributed by atoms with E-state index in [2.05, 4.69) is 18.8 Å². The third kappa shape index (κ3) is 6.47. The highest BCUT2D eigenvalue weighted by molar-refractivity contribution is 8.93. The van der Waals surface area contributed by atoms with Crippen molar-refractivity contribution in [3.8, 4) is 34.0 Å². The van der Waals surface area contributed by atoms with E-state index in [0.717, 1.165) is 56.0 Å². The van der Waals surface area contributed by atoms with E-state index in [0.29, 0.717) is 22.5 Å². The highest BCUT2D eigenvalue weighted by atomic mass is 79.9. The number of benzene rings is 2. The molecule has 6 heterocycles. The molecule has 0 aliphatic heterocycles. The van der Waals surface area contributed by atoms with Crippen molar-refractivity contribution < 1.29 is 14.9 Å². The molecular weight excluding hydrogens is 756 g/mol. The molecule has 4 N–H and O–H groups in total. The molecule has 6 aromatic heterocycles. The van der Waals surface area contributed by atoms with Gasteiger partial charge in [-0.25, -0.2) is 9.97 Å². The molecule has 0 fully saturated rings. The van der Waals surface area contributed by atoms with Gasteiger partial charge < -0.3 is 33.7 Å². The van der Waals surface area contributed by atoms with Gasteiger partial charge in [-0.3, -0.25) is 9.59 Å². The lowest BCUT2D eigenvalue weighted by atomic mass is 10.0. The lowest BCUT2D eigenvalue weighted by molar-refractivity contribution is 0.419. The zero-order chi connectivity index (χ0) is 31.9. The number of nitrogens with zero attached hydrogens (tertiary/aromatic N) is 4. The maximum Gasteiger partial charge on any atom is 0.248 e. The zero-order valence-electron chi connectivity index (χ0n) is 27.0. The number of methoxy groups -OCH3 is 2. The Labute approximate surface area is 301 Å². The summed E-state index contributed by atoms with van der Waals surface area (Å²) in [7, 11) is 3.19. The van der Waals surface area contributed by atoms with Gasteiger partial charge in [0.2, 0.25) is 11.1 Å². The summed E-state index contributed by atoms with van der Waals surface area (Å²) in [4.78, 5) is 38.5. The first-order valence-electron chi connectivity index (χ1n) is 14.7. The standard InChI is InChI=1S/2C18H15N3O2.2BrH.H2O/c2*1-11-17(19-15-5-3-4-10-21(11)15)12-6-8-14(23-2)18-13(12)7-9-16(22)20-18;;;/h2*3-10H,1-2H3,(H,20,22);2*1H;1H2. The molecule has 0 unspecified atom stereocenters. The fraction of sp³-hybridized carbons (Fsp3) is 0.111. The van der Waals surface area contributed by atoms with Gasteiger partial charge in [0.1, 0.15) is 22.8 Å². The van der Waals surface area contributed by atoms with Crippen molar-refractivity contribution >= 4 is 67.1 Å². The fourth-order valence-corrected chi connectivity index (χ4v) is 5.95. The Kier molecular flexibility index (Phi) is 11.1. The summed E-state index contributed by atoms with van der Waals surface area (Å²) in [5, 5.41) is 1.82. The molecule has 49 heavy (non-hydrogen) atoms. The Bertz CT molecular complexity index is 2380. The monoisotopic (exact) mass is 788 g/mol. The molecule has 0 aliphatic carbocycles. The SMILES string of the molecule is Br.Br.COc1ccc(-c2nc3ccccn3c2C)c2ccc(=O)[nH]c12.COc1ccc(-c2nc3ccccn3c2C)c2ccc(=O)[nH]c12.O. The van der Waals surface area contributed by atoms with Crippen molar-refractivity contribution in [2.45, 2.75) is 13.8 Å². The largest absolute Gasteiger partial charge is 0.495 e. The molecule has 8 aromatic rings. The molecule has 252 valence electrons. The highest BCUT2D eigenvalue weighted by Gasteiger charge is 2.16. The van der Waals surface area contributed by atoms with Crippen molar-refractivity contribution in [3.63, 3.8) is 0 Å². The van der Waals surface area contributed by atoms with Crippen LogP contribution in [0.4, 0.5) is 0 Å². The summed E-state index contributed by atoms with van der Waals surface area (Å²) in [6.07, 6.45) is 3.99. The average molecular weight is 791 g/mol. The number of hydrogen-bond donors (Lipinski definition) is 2. The number of imidazole rings is 2. The van der Waals surface area contributed by atoms with Crippen LogP contribution in [0.1, 0.15) is 11.4 Å². The first-order valence-corrected chi connectivity index (χ1v) is 14.7. The van der Waals surface area contributed by atoms with E-state index in [1.807, 2.05) is 99.0 Å². The second-order valence-corrected chi connectivity index (χ2v) is 10.8. The third-order valence-electron chi connectivity index (χ3n) is 8.20. The van der Waals surface area contributed by atoms with Gasteiger partial charge >= 0.3 is 0 Å². The molecule has 0 amide bonds. The Morgan fingerprint density at radius 1 is 0.571 bits per heavy atom. The quantitative estimate of drug-likeness (QED) is 0.204. The molecule has 0 spiro atoms. The van der Waals surface area contributed by atoms with Crippen LogP contribution >= 0.6 is 34.0 Å². The number of aromatic nitrogens is 6. The number of rotatable bonds is 4. The van der Waals surface area contributed by atoms with E-state index in [9.17, 15) is 9.59 Å². The number of pyridine rings is 4. The lowest BCUT2D eigenvalue weighted by Crippen LogP contribution is -2.04. The van der Waals surface area contributed by atoms with Crippen LogP contribution in [-0.2, 0) is 0 Å². The van der Waals surface area contributed by atoms with Crippen LogP contribution in [0.15, 0.2) is 107 Å². The van der Waals surface area contributed by atoms with E-state index >= 15 is 0 Å². The van der Waals surface area contributed by atoms with Gasteiger partial charge in [0, 0.05) is 57.8 Å². The van der Waals surface area contributed by atoms with E-state index < -0.39 is 0 Å². The summed E-state index contributed by atoms with van der Waals surface area (Å²) in [5.41, 5.74) is 8.71. The third-order valence-corrected chi connectivity index (χ3v) is 8.20. The molecular formula is C36H34Br2N6O5. The van der Waals surface area contributed by atoms with Gasteiger partial charge in [-0.2, -0.15) is 0 Å². The van der Waals surface area contributed by atoms with Crippen LogP contribution in [0.3, 0.4) is 0 Å². The normalized spacial score (nSPS) is 10.5. The summed E-state index contributed by atoms with van der Waals surface area (Å²) < 4.78 is 14.8. The maximum absolute atomic E-state index is 11.7. The van der Waals surface area contributed by atoms with Gasteiger partial charge in [0.15, 0.2) is 0 Å². The smallest absolute Gasteiger partial charge is 0.248 e. The maximum atomic E-state index is 11.7. The van der Waals surface area contributed by atoms with E-state index in [4.69, 9.17) is 19.4 Å². The van der Waals surface area contributed by atoms with Gasteiger partial charge in [0.05, 0.1) is 36.6 Å². The summed E-state index contributed by atoms with van der Waals surface area (Å²) in [5.74, 6) is 1.28. The van der Waals surface area contributed by atoms with Crippen molar-refractivity contribution in [1.82, 2.24) is 28.7 Å². The Hall–Kier alpha value is -5.24. The van der Waals surface area contributed by atoms with E-state index in [1.54, 1.807) is 14.2 Å². The molecule has 8 rings (SSSR count). The molecule has 13 heteroatoms. The molecule has 2 aromatic carbocycles. The molecule has 0 aliphatic rings. The van der Waals surface area contributed by atoms with Gasteiger partial charge in [-0.05, 0) is 74.5 Å². The number of nitrogens with one attached hydrogen (secondary N) is 2. The molecule has 0 radical (unpaired) electrons. The summed E-state index contributed by atoms with van der Waals surface area (Å²) in [6.45, 7) is 4.08. The number of ether oxygens (including phenoxy) is 2. The second-order valence-electron chi connectivity index (χ2n) is 10.8. The minimum absolute atomic E-state index is 0. The number of fused-ring (bicyclic) bond motifs is 4. The number of halogens is 2. The topological polar surface area (TPSA) is 150 Å². The minimum Gasteiger partial charge on any atom is -0.495 e. The predicted molar refractivity (Wildman–Crippen MR) is 204 cm³/mol. The minimum atomic E-state index is -0.153. The Morgan fingerprint density at radius 3 is 1.35 bits per heavy atom. The van der Waals surface area contributed by atoms with Crippen molar-refractivity contribution in [2.24, 2.45) is 0 Å². The van der Waals surface area contributed by atoms with Crippen LogP contribution in [-0.4, -0.2) is 48.4 Å². The number of hydrogen-bond acceptors (Lipinski definition) is 6. The highest BCUT2D eigenvalue weighted by Crippen LogP contribution is 2.35. The van der Waals surface area contributed by atoms with Gasteiger partial charge in [-0.15, -0.1) is 34.0 Å². The molecule has 11 nitrogen and oxygen atoms in total. The molecule has 0 saturated heterocycles. The fourth-order valence-electron chi connectivity index (χ4n) is 5.95. The van der Waals surface area contributed by atoms with E-state index in [-0.39, 0.29) is 50.6 Å². The lowest BCUT2D eigenvalue weighted by Gasteiger charge is -2.09. The zero-order valence-corrected chi connectivity index (χ0v) is 30.4.